The van der Waals surface area contributed by atoms with Crippen molar-refractivity contribution >= 4 is 38.9 Å². The molecule has 1 unspecified atom stereocenters. The van der Waals surface area contributed by atoms with E-state index >= 15 is 0 Å². The van der Waals surface area contributed by atoms with E-state index in [0.717, 1.165) is 15.0 Å². The Hall–Kier alpha value is -1.33. The van der Waals surface area contributed by atoms with Gasteiger partial charge >= 0.3 is 0 Å². The average Bonchev–Trinajstić information content (AvgIpc) is 2.81. The van der Waals surface area contributed by atoms with Crippen molar-refractivity contribution in [3.05, 3.63) is 51.1 Å². The van der Waals surface area contributed by atoms with Gasteiger partial charge in [0, 0.05) is 15.0 Å². The van der Waals surface area contributed by atoms with Gasteiger partial charge in [0.1, 0.15) is 6.04 Å². The summed E-state index contributed by atoms with van der Waals surface area (Å²) in [7, 11) is 0. The summed E-state index contributed by atoms with van der Waals surface area (Å²) in [5.74, 6) is -0.379. The molecule has 0 bridgehead atoms. The highest BCUT2D eigenvalue weighted by atomic mass is 79.9. The van der Waals surface area contributed by atoms with Crippen molar-refractivity contribution in [2.75, 3.05) is 5.32 Å². The first kappa shape index (κ1) is 12.1. The fourth-order valence-corrected chi connectivity index (χ4v) is 2.50. The van der Waals surface area contributed by atoms with E-state index in [1.54, 1.807) is 0 Å². The van der Waals surface area contributed by atoms with Crippen LogP contribution in [-0.2, 0) is 4.79 Å². The average molecular weight is 311 g/mol. The summed E-state index contributed by atoms with van der Waals surface area (Å²) in [6.45, 7) is 0. The molecule has 1 amide bonds. The minimum atomic E-state index is -0.476. The molecule has 2 aromatic rings. The number of carbonyl (C=O) groups excluding carboxylic acids is 1. The van der Waals surface area contributed by atoms with Gasteiger partial charge in [-0.2, -0.15) is 0 Å². The van der Waals surface area contributed by atoms with E-state index in [0.29, 0.717) is 0 Å². The van der Waals surface area contributed by atoms with Crippen LogP contribution in [0.15, 0.2) is 46.3 Å². The van der Waals surface area contributed by atoms with Crippen molar-refractivity contribution in [1.82, 2.24) is 0 Å². The number of thiophene rings is 1. The van der Waals surface area contributed by atoms with Crippen LogP contribution < -0.4 is 11.1 Å². The largest absolute Gasteiger partial charge is 0.369 e. The van der Waals surface area contributed by atoms with Gasteiger partial charge in [-0.3, -0.25) is 4.79 Å². The number of hydrogen-bond donors (Lipinski definition) is 2. The lowest BCUT2D eigenvalue weighted by Crippen LogP contribution is -2.26. The number of carbonyl (C=O) groups is 1. The minimum absolute atomic E-state index is 0.379. The number of halogens is 1. The maximum atomic E-state index is 11.4. The molecule has 0 aliphatic heterocycles. The van der Waals surface area contributed by atoms with Crippen molar-refractivity contribution in [1.29, 1.82) is 0 Å². The first-order chi connectivity index (χ1) is 8.16. The first-order valence-electron chi connectivity index (χ1n) is 5.01. The molecule has 1 aromatic carbocycles. The third-order valence-electron chi connectivity index (χ3n) is 2.27. The summed E-state index contributed by atoms with van der Waals surface area (Å²) in [5.41, 5.74) is 6.27. The van der Waals surface area contributed by atoms with Crippen LogP contribution in [0.5, 0.6) is 0 Å². The molecule has 1 atom stereocenters. The third kappa shape index (κ3) is 3.08. The maximum absolute atomic E-state index is 11.4. The Morgan fingerprint density at radius 2 is 2.00 bits per heavy atom. The van der Waals surface area contributed by atoms with Gasteiger partial charge in [-0.15, -0.1) is 11.3 Å². The van der Waals surface area contributed by atoms with Gasteiger partial charge in [0.15, 0.2) is 0 Å². The van der Waals surface area contributed by atoms with Crippen molar-refractivity contribution < 1.29 is 4.79 Å². The third-order valence-corrected chi connectivity index (χ3v) is 3.73. The maximum Gasteiger partial charge on any atom is 0.245 e. The Morgan fingerprint density at radius 1 is 1.29 bits per heavy atom. The number of hydrogen-bond acceptors (Lipinski definition) is 3. The van der Waals surface area contributed by atoms with E-state index in [1.807, 2.05) is 41.8 Å². The molecule has 3 N–H and O–H groups in total. The first-order valence-corrected chi connectivity index (χ1v) is 6.69. The second kappa shape index (κ2) is 5.33. The number of nitrogens with one attached hydrogen (secondary N) is 1. The van der Waals surface area contributed by atoms with E-state index in [2.05, 4.69) is 21.2 Å². The summed E-state index contributed by atoms with van der Waals surface area (Å²) >= 11 is 4.87. The standard InChI is InChI=1S/C12H11BrN2OS/c13-8-3-5-9(6-4-8)15-11(12(14)16)10-2-1-7-17-10/h1-7,11,15H,(H2,14,16). The number of rotatable bonds is 4. The van der Waals surface area contributed by atoms with Gasteiger partial charge in [0.2, 0.25) is 5.91 Å². The molecule has 17 heavy (non-hydrogen) atoms. The molecule has 88 valence electrons. The summed E-state index contributed by atoms with van der Waals surface area (Å²) in [5, 5.41) is 5.05. The molecule has 3 nitrogen and oxygen atoms in total. The van der Waals surface area contributed by atoms with Crippen molar-refractivity contribution in [3.8, 4) is 0 Å². The predicted molar refractivity (Wildman–Crippen MR) is 74.0 cm³/mol. The molecule has 0 fully saturated rings. The zero-order chi connectivity index (χ0) is 12.3. The molecule has 1 aromatic heterocycles. The summed E-state index contributed by atoms with van der Waals surface area (Å²) in [4.78, 5) is 12.3. The zero-order valence-corrected chi connectivity index (χ0v) is 11.3. The van der Waals surface area contributed by atoms with Gasteiger partial charge in [0.25, 0.3) is 0 Å². The number of primary amides is 1. The molecule has 0 saturated carbocycles. The van der Waals surface area contributed by atoms with Gasteiger partial charge in [-0.05, 0) is 35.7 Å². The molecular weight excluding hydrogens is 300 g/mol. The van der Waals surface area contributed by atoms with Crippen molar-refractivity contribution in [3.63, 3.8) is 0 Å². The summed E-state index contributed by atoms with van der Waals surface area (Å²) < 4.78 is 0.995. The van der Waals surface area contributed by atoms with E-state index in [4.69, 9.17) is 5.73 Å². The van der Waals surface area contributed by atoms with Crippen molar-refractivity contribution in [2.45, 2.75) is 6.04 Å². The van der Waals surface area contributed by atoms with E-state index in [9.17, 15) is 4.79 Å². The second-order valence-electron chi connectivity index (χ2n) is 3.50. The second-order valence-corrected chi connectivity index (χ2v) is 5.40. The lowest BCUT2D eigenvalue weighted by Gasteiger charge is -2.15. The van der Waals surface area contributed by atoms with Crippen LogP contribution in [0.25, 0.3) is 0 Å². The van der Waals surface area contributed by atoms with E-state index < -0.39 is 6.04 Å². The quantitative estimate of drug-likeness (QED) is 0.911. The smallest absolute Gasteiger partial charge is 0.245 e. The molecule has 0 spiro atoms. The van der Waals surface area contributed by atoms with Gasteiger partial charge in [-0.25, -0.2) is 0 Å². The molecule has 0 radical (unpaired) electrons. The Labute approximate surface area is 112 Å². The van der Waals surface area contributed by atoms with Crippen LogP contribution in [0.4, 0.5) is 5.69 Å². The topological polar surface area (TPSA) is 55.1 Å². The molecule has 0 saturated heterocycles. The lowest BCUT2D eigenvalue weighted by molar-refractivity contribution is -0.118. The van der Waals surface area contributed by atoms with Crippen LogP contribution >= 0.6 is 27.3 Å². The number of benzene rings is 1. The highest BCUT2D eigenvalue weighted by molar-refractivity contribution is 9.10. The monoisotopic (exact) mass is 310 g/mol. The van der Waals surface area contributed by atoms with Crippen molar-refractivity contribution in [2.24, 2.45) is 5.73 Å². The molecule has 1 heterocycles. The van der Waals surface area contributed by atoms with Crippen LogP contribution in [0, 0.1) is 0 Å². The highest BCUT2D eigenvalue weighted by Gasteiger charge is 2.18. The number of nitrogens with two attached hydrogens (primary N) is 1. The van der Waals surface area contributed by atoms with Gasteiger partial charge < -0.3 is 11.1 Å². The number of anilines is 1. The SMILES string of the molecule is NC(=O)C(Nc1ccc(Br)cc1)c1cccs1. The molecule has 2 rings (SSSR count). The van der Waals surface area contributed by atoms with Crippen LogP contribution in [0.1, 0.15) is 10.9 Å². The predicted octanol–water partition coefficient (Wildman–Crippen LogP) is 3.15. The fraction of sp³-hybridized carbons (Fsp3) is 0.0833. The summed E-state index contributed by atoms with van der Waals surface area (Å²) in [6, 6.07) is 10.9. The van der Waals surface area contributed by atoms with E-state index in [1.165, 1.54) is 11.3 Å². The van der Waals surface area contributed by atoms with Crippen LogP contribution in [-0.4, -0.2) is 5.91 Å². The fourth-order valence-electron chi connectivity index (χ4n) is 1.45. The Kier molecular flexibility index (Phi) is 3.81. The Morgan fingerprint density at radius 3 is 2.53 bits per heavy atom. The van der Waals surface area contributed by atoms with Gasteiger partial charge in [0.05, 0.1) is 0 Å². The molecular formula is C12H11BrN2OS. The number of amides is 1. The Bertz CT molecular complexity index is 496. The van der Waals surface area contributed by atoms with Crippen LogP contribution in [0.3, 0.4) is 0 Å². The normalized spacial score (nSPS) is 12.1. The molecule has 5 heteroatoms. The summed E-state index contributed by atoms with van der Waals surface area (Å²) in [6.07, 6.45) is 0. The molecule has 0 aliphatic carbocycles. The lowest BCUT2D eigenvalue weighted by atomic mass is 10.2. The zero-order valence-electron chi connectivity index (χ0n) is 8.89. The van der Waals surface area contributed by atoms with Crippen LogP contribution in [0.2, 0.25) is 0 Å². The highest BCUT2D eigenvalue weighted by Crippen LogP contribution is 2.24. The van der Waals surface area contributed by atoms with Gasteiger partial charge in [-0.1, -0.05) is 22.0 Å². The minimum Gasteiger partial charge on any atom is -0.369 e. The molecule has 0 aliphatic rings. The van der Waals surface area contributed by atoms with E-state index in [-0.39, 0.29) is 5.91 Å². The Balaban J connectivity index is 2.19.